The van der Waals surface area contributed by atoms with E-state index in [9.17, 15) is 0 Å². The van der Waals surface area contributed by atoms with Crippen molar-refractivity contribution in [3.8, 4) is 0 Å². The van der Waals surface area contributed by atoms with Crippen molar-refractivity contribution in [2.75, 3.05) is 9.80 Å². The molecule has 12 aromatic rings. The molecule has 0 fully saturated rings. The largest absolute Gasteiger partial charge is 0.454 e. The first-order valence-electron chi connectivity index (χ1n) is 25.9. The molecule has 6 heterocycles. The molecule has 2 aliphatic rings. The van der Waals surface area contributed by atoms with Gasteiger partial charge in [-0.3, -0.25) is 0 Å². The fourth-order valence-electron chi connectivity index (χ4n) is 12.4. The highest BCUT2D eigenvalue weighted by Gasteiger charge is 2.46. The van der Waals surface area contributed by atoms with E-state index >= 15 is 0 Å². The number of nitrogens with zero attached hydrogens (tertiary/aromatic N) is 3. The molecule has 72 heavy (non-hydrogen) atoms. The second kappa shape index (κ2) is 14.4. The Bertz CT molecular complexity index is 4270. The summed E-state index contributed by atoms with van der Waals surface area (Å²) in [6.07, 6.45) is 0. The standard InChI is InChI=1S/C66H60BN3OS/c1-63(2,3)37-23-27-41(28-24-37)68-51-19-16-20-52-58(51)67(62-60(68)48-32-39(65(7,8)9)26-30-57(48)72-62)49-35-45-47-34-40(66(10,11)12)33-46-44-31-38(64(4,5)6)25-29-50(44)70(59(46)47)54(45)36-55(49)69(52)53-21-15-18-43-42-17-13-14-22-56(42)71-61(43)53/h13-36H,1-12H3. The minimum atomic E-state index is -0.0522. The summed E-state index contributed by atoms with van der Waals surface area (Å²) in [5.74, 6) is 0. The summed E-state index contributed by atoms with van der Waals surface area (Å²) in [6.45, 7) is 27.9. The summed E-state index contributed by atoms with van der Waals surface area (Å²) in [4.78, 5) is 5.15. The van der Waals surface area contributed by atoms with Crippen LogP contribution < -0.4 is 25.5 Å². The van der Waals surface area contributed by atoms with Crippen LogP contribution in [-0.4, -0.2) is 11.1 Å². The fourth-order valence-corrected chi connectivity index (χ4v) is 13.7. The SMILES string of the molecule is CC(C)(C)c1ccc(N2c3cccc4c3B(c3cc5c6cc(C(C)(C)C)cc7c8cc(C(C)(C)C)ccc8n(c5cc3N4c3cccc4c3oc3ccccc34)c76)c3sc4ccc(C(C)(C)C)cc4c32)cc1. The number of hydrogen-bond donors (Lipinski definition) is 0. The predicted molar refractivity (Wildman–Crippen MR) is 313 cm³/mol. The highest BCUT2D eigenvalue weighted by Crippen LogP contribution is 2.52. The van der Waals surface area contributed by atoms with E-state index < -0.39 is 0 Å². The van der Waals surface area contributed by atoms with E-state index in [2.05, 4.69) is 243 Å². The Kier molecular flexibility index (Phi) is 8.72. The van der Waals surface area contributed by atoms with E-state index in [4.69, 9.17) is 4.42 Å². The zero-order valence-electron chi connectivity index (χ0n) is 43.6. The molecule has 6 heteroatoms. The minimum Gasteiger partial charge on any atom is -0.454 e. The van der Waals surface area contributed by atoms with Crippen LogP contribution in [-0.2, 0) is 21.7 Å². The average molecular weight is 954 g/mol. The van der Waals surface area contributed by atoms with E-state index in [1.165, 1.54) is 115 Å². The first-order chi connectivity index (χ1) is 34.2. The van der Waals surface area contributed by atoms with Crippen molar-refractivity contribution in [3.05, 3.63) is 168 Å². The van der Waals surface area contributed by atoms with E-state index in [1.54, 1.807) is 0 Å². The second-order valence-electron chi connectivity index (χ2n) is 25.1. The van der Waals surface area contributed by atoms with Crippen LogP contribution in [0.3, 0.4) is 0 Å². The number of hydrogen-bond acceptors (Lipinski definition) is 4. The molecule has 14 rings (SSSR count). The van der Waals surface area contributed by atoms with Gasteiger partial charge >= 0.3 is 0 Å². The second-order valence-corrected chi connectivity index (χ2v) is 26.1. The van der Waals surface area contributed by atoms with Crippen molar-refractivity contribution >= 4 is 138 Å². The molecule has 0 aliphatic carbocycles. The van der Waals surface area contributed by atoms with Crippen molar-refractivity contribution in [3.63, 3.8) is 0 Å². The van der Waals surface area contributed by atoms with Gasteiger partial charge in [0.05, 0.1) is 27.9 Å². The number of fused-ring (bicyclic) bond motifs is 15. The van der Waals surface area contributed by atoms with Crippen LogP contribution in [0.1, 0.15) is 105 Å². The monoisotopic (exact) mass is 953 g/mol. The molecule has 354 valence electrons. The van der Waals surface area contributed by atoms with E-state index in [0.717, 1.165) is 27.6 Å². The van der Waals surface area contributed by atoms with Crippen molar-refractivity contribution in [1.82, 2.24) is 4.40 Å². The normalized spacial score (nSPS) is 14.3. The first-order valence-corrected chi connectivity index (χ1v) is 26.7. The lowest BCUT2D eigenvalue weighted by atomic mass is 9.36. The number of thiophene rings is 1. The van der Waals surface area contributed by atoms with Gasteiger partial charge in [0.15, 0.2) is 5.58 Å². The lowest BCUT2D eigenvalue weighted by Gasteiger charge is -2.43. The van der Waals surface area contributed by atoms with Crippen LogP contribution in [0.25, 0.3) is 70.1 Å². The summed E-state index contributed by atoms with van der Waals surface area (Å²) in [6, 6.07) is 56.2. The smallest absolute Gasteiger partial charge is 0.264 e. The molecule has 0 saturated carbocycles. The van der Waals surface area contributed by atoms with E-state index in [0.29, 0.717) is 0 Å². The lowest BCUT2D eigenvalue weighted by Crippen LogP contribution is -2.60. The van der Waals surface area contributed by atoms with Crippen LogP contribution in [0.15, 0.2) is 150 Å². The van der Waals surface area contributed by atoms with E-state index in [-0.39, 0.29) is 28.4 Å². The van der Waals surface area contributed by atoms with Gasteiger partial charge in [-0.2, -0.15) is 0 Å². The van der Waals surface area contributed by atoms with Gasteiger partial charge in [0.2, 0.25) is 0 Å². The third-order valence-electron chi connectivity index (χ3n) is 16.3. The van der Waals surface area contributed by atoms with Crippen LogP contribution >= 0.6 is 11.3 Å². The number of para-hydroxylation sites is 2. The maximum absolute atomic E-state index is 6.99. The summed E-state index contributed by atoms with van der Waals surface area (Å²) >= 11 is 1.97. The molecule has 0 atom stereocenters. The van der Waals surface area contributed by atoms with Gasteiger partial charge in [0.1, 0.15) is 5.58 Å². The zero-order chi connectivity index (χ0) is 49.7. The Balaban J connectivity index is 1.14. The highest BCUT2D eigenvalue weighted by molar-refractivity contribution is 7.33. The molecular weight excluding hydrogens is 894 g/mol. The summed E-state index contributed by atoms with van der Waals surface area (Å²) in [5.41, 5.74) is 20.6. The Morgan fingerprint density at radius 3 is 1.69 bits per heavy atom. The van der Waals surface area contributed by atoms with Crippen molar-refractivity contribution in [2.24, 2.45) is 0 Å². The van der Waals surface area contributed by atoms with Gasteiger partial charge in [-0.15, -0.1) is 11.3 Å². The van der Waals surface area contributed by atoms with Gasteiger partial charge in [-0.05, 0) is 134 Å². The van der Waals surface area contributed by atoms with Gasteiger partial charge in [-0.1, -0.05) is 150 Å². The van der Waals surface area contributed by atoms with Crippen molar-refractivity contribution in [1.29, 1.82) is 0 Å². The van der Waals surface area contributed by atoms with Gasteiger partial charge < -0.3 is 18.6 Å². The topological polar surface area (TPSA) is 24.0 Å². The number of rotatable bonds is 2. The number of aromatic nitrogens is 1. The molecule has 0 radical (unpaired) electrons. The van der Waals surface area contributed by atoms with Crippen LogP contribution in [0.2, 0.25) is 0 Å². The number of furan rings is 1. The number of anilines is 6. The Morgan fingerprint density at radius 2 is 1.00 bits per heavy atom. The maximum Gasteiger partial charge on any atom is 0.264 e. The Hall–Kier alpha value is -7.02. The predicted octanol–water partition coefficient (Wildman–Crippen LogP) is 17.2. The Morgan fingerprint density at radius 1 is 0.431 bits per heavy atom. The quantitative estimate of drug-likeness (QED) is 0.161. The molecule has 0 unspecified atom stereocenters. The highest BCUT2D eigenvalue weighted by atomic mass is 32.1. The number of benzene rings is 8. The van der Waals surface area contributed by atoms with Crippen LogP contribution in [0.4, 0.5) is 34.1 Å². The summed E-state index contributed by atoms with van der Waals surface area (Å²) < 4.78 is 12.3. The summed E-state index contributed by atoms with van der Waals surface area (Å²) in [7, 11) is 0. The molecule has 0 bridgehead atoms. The molecular formula is C66H60BN3OS. The first kappa shape index (κ1) is 43.7. The van der Waals surface area contributed by atoms with Gasteiger partial charge in [0.25, 0.3) is 6.71 Å². The Labute approximate surface area is 426 Å². The maximum atomic E-state index is 6.99. The molecule has 0 amide bonds. The molecule has 0 saturated heterocycles. The molecule has 4 nitrogen and oxygen atoms in total. The van der Waals surface area contributed by atoms with Gasteiger partial charge in [-0.25, -0.2) is 0 Å². The van der Waals surface area contributed by atoms with Gasteiger partial charge in [0, 0.05) is 69.9 Å². The lowest BCUT2D eigenvalue weighted by molar-refractivity contribution is 0.590. The van der Waals surface area contributed by atoms with E-state index in [1.807, 2.05) is 11.3 Å². The van der Waals surface area contributed by atoms with Crippen molar-refractivity contribution in [2.45, 2.75) is 105 Å². The van der Waals surface area contributed by atoms with Crippen LogP contribution in [0, 0.1) is 0 Å². The fraction of sp³-hybridized carbons (Fsp3) is 0.242. The molecule has 2 aliphatic heterocycles. The summed E-state index contributed by atoms with van der Waals surface area (Å²) in [5, 5.41) is 8.82. The third-order valence-corrected chi connectivity index (χ3v) is 17.5. The minimum absolute atomic E-state index is 0.0138. The average Bonchev–Trinajstić information content (AvgIpc) is 4.09. The molecule has 8 aromatic carbocycles. The molecule has 4 aromatic heterocycles. The van der Waals surface area contributed by atoms with Crippen molar-refractivity contribution < 1.29 is 4.42 Å². The zero-order valence-corrected chi connectivity index (χ0v) is 44.4. The molecule has 0 spiro atoms. The third kappa shape index (κ3) is 6.05. The molecule has 0 N–H and O–H groups in total. The van der Waals surface area contributed by atoms with Crippen LogP contribution in [0.5, 0.6) is 0 Å².